The lowest BCUT2D eigenvalue weighted by Gasteiger charge is -2.40. The summed E-state index contributed by atoms with van der Waals surface area (Å²) < 4.78 is 26.0. The first-order valence-corrected chi connectivity index (χ1v) is 7.75. The van der Waals surface area contributed by atoms with Crippen molar-refractivity contribution in [3.8, 4) is 0 Å². The van der Waals surface area contributed by atoms with Crippen molar-refractivity contribution in [2.24, 2.45) is 11.3 Å². The second kappa shape index (κ2) is 4.57. The molecule has 2 saturated carbocycles. The minimum absolute atomic E-state index is 0.0684. The predicted molar refractivity (Wildman–Crippen MR) is 63.1 cm³/mol. The highest BCUT2D eigenvalue weighted by Gasteiger charge is 2.40. The van der Waals surface area contributed by atoms with Gasteiger partial charge in [-0.3, -0.25) is 4.79 Å². The topological polar surface area (TPSA) is 83.5 Å². The van der Waals surface area contributed by atoms with E-state index in [4.69, 9.17) is 5.11 Å². The number of nitrogens with one attached hydrogen (secondary N) is 1. The van der Waals surface area contributed by atoms with Gasteiger partial charge in [-0.25, -0.2) is 13.1 Å². The molecule has 0 aromatic carbocycles. The minimum atomic E-state index is -3.21. The van der Waals surface area contributed by atoms with E-state index in [0.29, 0.717) is 5.92 Å². The van der Waals surface area contributed by atoms with Crippen LogP contribution in [0.4, 0.5) is 0 Å². The Morgan fingerprint density at radius 2 is 2.00 bits per heavy atom. The van der Waals surface area contributed by atoms with Crippen molar-refractivity contribution in [3.05, 3.63) is 0 Å². The lowest BCUT2D eigenvalue weighted by Crippen LogP contribution is -2.44. The van der Waals surface area contributed by atoms with Crippen LogP contribution in [0, 0.1) is 11.3 Å². The van der Waals surface area contributed by atoms with Gasteiger partial charge in [0.2, 0.25) is 10.0 Å². The predicted octanol–water partition coefficient (Wildman–Crippen LogP) is 0.961. The van der Waals surface area contributed by atoms with Gasteiger partial charge < -0.3 is 5.11 Å². The first-order chi connectivity index (χ1) is 7.91. The van der Waals surface area contributed by atoms with Gasteiger partial charge in [0.05, 0.1) is 12.2 Å². The molecule has 0 amide bonds. The molecule has 6 heteroatoms. The number of rotatable bonds is 7. The Bertz CT molecular complexity index is 396. The molecule has 0 atom stereocenters. The molecular weight excluding hydrogens is 242 g/mol. The molecule has 17 heavy (non-hydrogen) atoms. The maximum Gasteiger partial charge on any atom is 0.303 e. The molecule has 0 unspecified atom stereocenters. The number of carboxylic acid groups (broad SMARTS) is 1. The Morgan fingerprint density at radius 3 is 2.41 bits per heavy atom. The van der Waals surface area contributed by atoms with Gasteiger partial charge in [0.1, 0.15) is 0 Å². The van der Waals surface area contributed by atoms with Crippen molar-refractivity contribution in [3.63, 3.8) is 0 Å². The van der Waals surface area contributed by atoms with E-state index in [1.165, 1.54) is 0 Å². The molecule has 0 bridgehead atoms. The Balaban J connectivity index is 1.84. The van der Waals surface area contributed by atoms with Crippen molar-refractivity contribution in [1.29, 1.82) is 0 Å². The summed E-state index contributed by atoms with van der Waals surface area (Å²) in [6.07, 6.45) is 4.69. The van der Waals surface area contributed by atoms with Crippen molar-refractivity contribution >= 4 is 16.0 Å². The van der Waals surface area contributed by atoms with E-state index in [9.17, 15) is 13.2 Å². The SMILES string of the molecule is O=C(O)CC1(CNS(=O)(=O)CC2CC2)CCC1. The fourth-order valence-electron chi connectivity index (χ4n) is 2.33. The number of carbonyl (C=O) groups is 1. The average Bonchev–Trinajstić information content (AvgIpc) is 2.92. The standard InChI is InChI=1S/C11H19NO4S/c13-10(14)6-11(4-1-5-11)8-12-17(15,16)7-9-2-3-9/h9,12H,1-8H2,(H,13,14). The van der Waals surface area contributed by atoms with Crippen molar-refractivity contribution < 1.29 is 18.3 Å². The number of hydrogen-bond acceptors (Lipinski definition) is 3. The molecule has 2 aliphatic carbocycles. The van der Waals surface area contributed by atoms with Gasteiger partial charge in [0.25, 0.3) is 0 Å². The highest BCUT2D eigenvalue weighted by atomic mass is 32.2. The second-order valence-electron chi connectivity index (χ2n) is 5.47. The van der Waals surface area contributed by atoms with E-state index in [2.05, 4.69) is 4.72 Å². The molecule has 2 N–H and O–H groups in total. The van der Waals surface area contributed by atoms with E-state index in [-0.39, 0.29) is 24.1 Å². The number of carboxylic acids is 1. The molecule has 0 heterocycles. The molecule has 0 spiro atoms. The minimum Gasteiger partial charge on any atom is -0.481 e. The normalized spacial score (nSPS) is 23.1. The van der Waals surface area contributed by atoms with Crippen LogP contribution < -0.4 is 4.72 Å². The molecule has 0 radical (unpaired) electrons. The van der Waals surface area contributed by atoms with E-state index < -0.39 is 16.0 Å². The summed E-state index contributed by atoms with van der Waals surface area (Å²) in [6.45, 7) is 0.286. The summed E-state index contributed by atoms with van der Waals surface area (Å²) in [7, 11) is -3.21. The van der Waals surface area contributed by atoms with Crippen molar-refractivity contribution in [1.82, 2.24) is 4.72 Å². The first-order valence-electron chi connectivity index (χ1n) is 6.10. The maximum absolute atomic E-state index is 11.7. The summed E-state index contributed by atoms with van der Waals surface area (Å²) in [5, 5.41) is 8.82. The van der Waals surface area contributed by atoms with Gasteiger partial charge in [-0.2, -0.15) is 0 Å². The van der Waals surface area contributed by atoms with Crippen LogP contribution in [0.25, 0.3) is 0 Å². The number of hydrogen-bond donors (Lipinski definition) is 2. The summed E-state index contributed by atoms with van der Waals surface area (Å²) in [5.41, 5.74) is -0.331. The largest absolute Gasteiger partial charge is 0.481 e. The summed E-state index contributed by atoms with van der Waals surface area (Å²) >= 11 is 0. The molecule has 2 rings (SSSR count). The molecule has 0 saturated heterocycles. The van der Waals surface area contributed by atoms with Gasteiger partial charge in [0, 0.05) is 6.54 Å². The van der Waals surface area contributed by atoms with Crippen LogP contribution in [0.3, 0.4) is 0 Å². The first kappa shape index (κ1) is 12.8. The molecule has 98 valence electrons. The van der Waals surface area contributed by atoms with E-state index in [1.807, 2.05) is 0 Å². The van der Waals surface area contributed by atoms with Crippen LogP contribution in [-0.2, 0) is 14.8 Å². The molecule has 0 aliphatic heterocycles. The highest BCUT2D eigenvalue weighted by molar-refractivity contribution is 7.89. The Hall–Kier alpha value is -0.620. The van der Waals surface area contributed by atoms with Gasteiger partial charge in [-0.1, -0.05) is 6.42 Å². The Morgan fingerprint density at radius 1 is 1.35 bits per heavy atom. The third kappa shape index (κ3) is 3.67. The summed E-state index contributed by atoms with van der Waals surface area (Å²) in [5.74, 6) is -0.314. The fourth-order valence-corrected chi connectivity index (χ4v) is 3.93. The molecule has 2 aliphatic rings. The van der Waals surface area contributed by atoms with Crippen LogP contribution in [0.5, 0.6) is 0 Å². The molecule has 2 fully saturated rings. The summed E-state index contributed by atoms with van der Waals surface area (Å²) in [6, 6.07) is 0. The quantitative estimate of drug-likeness (QED) is 0.715. The lowest BCUT2D eigenvalue weighted by atomic mass is 9.67. The van der Waals surface area contributed by atoms with Crippen molar-refractivity contribution in [2.45, 2.75) is 38.5 Å². The van der Waals surface area contributed by atoms with E-state index in [0.717, 1.165) is 32.1 Å². The maximum atomic E-state index is 11.7. The van der Waals surface area contributed by atoms with Gasteiger partial charge in [-0.05, 0) is 37.0 Å². The third-order valence-electron chi connectivity index (χ3n) is 3.76. The zero-order chi connectivity index (χ0) is 12.5. The van der Waals surface area contributed by atoms with E-state index in [1.54, 1.807) is 0 Å². The average molecular weight is 261 g/mol. The fraction of sp³-hybridized carbons (Fsp3) is 0.909. The Labute approximate surface area is 102 Å². The van der Waals surface area contributed by atoms with Crippen LogP contribution in [0.15, 0.2) is 0 Å². The van der Waals surface area contributed by atoms with E-state index >= 15 is 0 Å². The highest BCUT2D eigenvalue weighted by Crippen LogP contribution is 2.43. The van der Waals surface area contributed by atoms with Crippen LogP contribution >= 0.6 is 0 Å². The van der Waals surface area contributed by atoms with Gasteiger partial charge >= 0.3 is 5.97 Å². The second-order valence-corrected chi connectivity index (χ2v) is 7.32. The van der Waals surface area contributed by atoms with Gasteiger partial charge in [0.15, 0.2) is 0 Å². The monoisotopic (exact) mass is 261 g/mol. The summed E-state index contributed by atoms with van der Waals surface area (Å²) in [4.78, 5) is 10.7. The third-order valence-corrected chi connectivity index (χ3v) is 5.25. The van der Waals surface area contributed by atoms with Crippen LogP contribution in [0.2, 0.25) is 0 Å². The molecule has 0 aromatic rings. The molecular formula is C11H19NO4S. The Kier molecular flexibility index (Phi) is 3.45. The number of sulfonamides is 1. The molecule has 5 nitrogen and oxygen atoms in total. The van der Waals surface area contributed by atoms with Crippen LogP contribution in [0.1, 0.15) is 38.5 Å². The molecule has 0 aromatic heterocycles. The lowest BCUT2D eigenvalue weighted by molar-refractivity contribution is -0.141. The number of aliphatic carboxylic acids is 1. The zero-order valence-corrected chi connectivity index (χ0v) is 10.6. The smallest absolute Gasteiger partial charge is 0.303 e. The van der Waals surface area contributed by atoms with Crippen LogP contribution in [-0.4, -0.2) is 31.8 Å². The zero-order valence-electron chi connectivity index (χ0n) is 9.81. The van der Waals surface area contributed by atoms with Gasteiger partial charge in [-0.15, -0.1) is 0 Å². The van der Waals surface area contributed by atoms with Crippen molar-refractivity contribution in [2.75, 3.05) is 12.3 Å².